The molecule has 0 fully saturated rings. The first-order valence-corrected chi connectivity index (χ1v) is 8.00. The van der Waals surface area contributed by atoms with Gasteiger partial charge in [0.2, 0.25) is 0 Å². The van der Waals surface area contributed by atoms with Crippen molar-refractivity contribution in [3.63, 3.8) is 0 Å². The van der Waals surface area contributed by atoms with Crippen molar-refractivity contribution in [1.29, 1.82) is 0 Å². The molecular weight excluding hydrogens is 398 g/mol. The maximum absolute atomic E-state index is 11.9. The van der Waals surface area contributed by atoms with Crippen molar-refractivity contribution in [3.05, 3.63) is 62.1 Å². The van der Waals surface area contributed by atoms with Gasteiger partial charge in [-0.15, -0.1) is 0 Å². The van der Waals surface area contributed by atoms with Crippen molar-refractivity contribution in [2.75, 3.05) is 6.61 Å². The summed E-state index contributed by atoms with van der Waals surface area (Å²) >= 11 is 23.3. The Morgan fingerprint density at radius 2 is 1.50 bits per heavy atom. The summed E-state index contributed by atoms with van der Waals surface area (Å²) in [4.78, 5) is 23.6. The molecule has 2 amide bonds. The van der Waals surface area contributed by atoms with E-state index < -0.39 is 11.8 Å². The number of carbonyl (C=O) groups excluding carboxylic acids is 2. The highest BCUT2D eigenvalue weighted by molar-refractivity contribution is 6.37. The molecule has 2 aromatic rings. The molecule has 2 aromatic carbocycles. The Labute approximate surface area is 157 Å². The van der Waals surface area contributed by atoms with Crippen LogP contribution in [0.3, 0.4) is 0 Å². The van der Waals surface area contributed by atoms with Crippen LogP contribution in [0.5, 0.6) is 5.75 Å². The number of rotatable bonds is 4. The number of amides is 2. The second-order valence-corrected chi connectivity index (χ2v) is 6.18. The molecule has 24 heavy (non-hydrogen) atoms. The van der Waals surface area contributed by atoms with E-state index in [2.05, 4.69) is 10.9 Å². The van der Waals surface area contributed by atoms with Gasteiger partial charge in [0.25, 0.3) is 11.8 Å². The third-order valence-corrected chi connectivity index (χ3v) is 3.82. The predicted molar refractivity (Wildman–Crippen MR) is 94.0 cm³/mol. The Morgan fingerprint density at radius 1 is 0.875 bits per heavy atom. The summed E-state index contributed by atoms with van der Waals surface area (Å²) in [6.07, 6.45) is 0. The molecule has 0 saturated carbocycles. The van der Waals surface area contributed by atoms with Crippen LogP contribution in [-0.4, -0.2) is 18.4 Å². The second kappa shape index (κ2) is 8.44. The smallest absolute Gasteiger partial charge is 0.276 e. The van der Waals surface area contributed by atoms with Gasteiger partial charge in [-0.05, 0) is 36.4 Å². The molecular formula is C15H10Cl4N2O3. The Morgan fingerprint density at radius 3 is 2.12 bits per heavy atom. The van der Waals surface area contributed by atoms with Crippen molar-refractivity contribution in [2.45, 2.75) is 0 Å². The quantitative estimate of drug-likeness (QED) is 0.748. The van der Waals surface area contributed by atoms with Crippen LogP contribution in [0.4, 0.5) is 0 Å². The summed E-state index contributed by atoms with van der Waals surface area (Å²) in [7, 11) is 0. The van der Waals surface area contributed by atoms with Gasteiger partial charge in [0.1, 0.15) is 5.75 Å². The average Bonchev–Trinajstić information content (AvgIpc) is 2.51. The van der Waals surface area contributed by atoms with Crippen LogP contribution in [-0.2, 0) is 4.79 Å². The molecule has 0 aliphatic rings. The van der Waals surface area contributed by atoms with Crippen molar-refractivity contribution >= 4 is 58.2 Å². The van der Waals surface area contributed by atoms with Crippen LogP contribution >= 0.6 is 46.4 Å². The van der Waals surface area contributed by atoms with Crippen LogP contribution in [0, 0.1) is 0 Å². The van der Waals surface area contributed by atoms with Gasteiger partial charge < -0.3 is 4.74 Å². The van der Waals surface area contributed by atoms with Crippen LogP contribution in [0.1, 0.15) is 10.4 Å². The number of nitrogens with one attached hydrogen (secondary N) is 2. The predicted octanol–water partition coefficient (Wildman–Crippen LogP) is 4.14. The van der Waals surface area contributed by atoms with Gasteiger partial charge in [0.05, 0.1) is 15.6 Å². The fourth-order valence-electron chi connectivity index (χ4n) is 1.64. The molecule has 2 rings (SSSR count). The third kappa shape index (κ3) is 5.18. The summed E-state index contributed by atoms with van der Waals surface area (Å²) in [5, 5.41) is 1.28. The first-order valence-electron chi connectivity index (χ1n) is 6.49. The number of hydrogen-bond acceptors (Lipinski definition) is 3. The van der Waals surface area contributed by atoms with Crippen LogP contribution in [0.2, 0.25) is 20.1 Å². The molecule has 126 valence electrons. The van der Waals surface area contributed by atoms with E-state index in [1.807, 2.05) is 0 Å². The van der Waals surface area contributed by atoms with E-state index in [1.165, 1.54) is 30.3 Å². The highest BCUT2D eigenvalue weighted by Gasteiger charge is 2.12. The van der Waals surface area contributed by atoms with Gasteiger partial charge in [-0.3, -0.25) is 20.4 Å². The van der Waals surface area contributed by atoms with Crippen molar-refractivity contribution < 1.29 is 14.3 Å². The largest absolute Gasteiger partial charge is 0.482 e. The molecule has 0 aliphatic heterocycles. The van der Waals surface area contributed by atoms with E-state index in [0.717, 1.165) is 0 Å². The molecule has 0 atom stereocenters. The SMILES string of the molecule is O=C(COc1ccc(Cl)cc1Cl)NNC(=O)c1ccc(Cl)cc1Cl. The Balaban J connectivity index is 1.85. The summed E-state index contributed by atoms with van der Waals surface area (Å²) in [5.41, 5.74) is 4.59. The van der Waals surface area contributed by atoms with Crippen LogP contribution in [0.25, 0.3) is 0 Å². The summed E-state index contributed by atoms with van der Waals surface area (Å²) in [6, 6.07) is 8.97. The minimum Gasteiger partial charge on any atom is -0.482 e. The van der Waals surface area contributed by atoms with Crippen LogP contribution < -0.4 is 15.6 Å². The minimum absolute atomic E-state index is 0.165. The maximum Gasteiger partial charge on any atom is 0.276 e. The van der Waals surface area contributed by atoms with Crippen LogP contribution in [0.15, 0.2) is 36.4 Å². The number of halogens is 4. The van der Waals surface area contributed by atoms with Gasteiger partial charge in [0.15, 0.2) is 6.61 Å². The fourth-order valence-corrected chi connectivity index (χ4v) is 2.60. The molecule has 0 heterocycles. The monoisotopic (exact) mass is 406 g/mol. The molecule has 5 nitrogen and oxygen atoms in total. The lowest BCUT2D eigenvalue weighted by Crippen LogP contribution is -2.43. The first kappa shape index (κ1) is 18.7. The van der Waals surface area contributed by atoms with E-state index in [9.17, 15) is 9.59 Å². The van der Waals surface area contributed by atoms with Gasteiger partial charge in [-0.1, -0.05) is 46.4 Å². The zero-order valence-corrected chi connectivity index (χ0v) is 14.9. The maximum atomic E-state index is 11.9. The number of benzene rings is 2. The Hall–Kier alpha value is -1.66. The van der Waals surface area contributed by atoms with Crippen molar-refractivity contribution in [3.8, 4) is 5.75 Å². The number of hydrogen-bond donors (Lipinski definition) is 2. The summed E-state index contributed by atoms with van der Waals surface area (Å²) < 4.78 is 5.23. The van der Waals surface area contributed by atoms with Gasteiger partial charge in [-0.2, -0.15) is 0 Å². The third-order valence-electron chi connectivity index (χ3n) is 2.74. The molecule has 0 bridgehead atoms. The topological polar surface area (TPSA) is 67.4 Å². The fraction of sp³-hybridized carbons (Fsp3) is 0.0667. The summed E-state index contributed by atoms with van der Waals surface area (Å²) in [5.74, 6) is -0.878. The first-order chi connectivity index (χ1) is 11.4. The average molecular weight is 408 g/mol. The molecule has 0 aliphatic carbocycles. The van der Waals surface area contributed by atoms with Crippen molar-refractivity contribution in [2.24, 2.45) is 0 Å². The lowest BCUT2D eigenvalue weighted by atomic mass is 10.2. The zero-order chi connectivity index (χ0) is 17.7. The minimum atomic E-state index is -0.588. The number of hydrazine groups is 1. The molecule has 0 radical (unpaired) electrons. The Bertz CT molecular complexity index is 783. The highest BCUT2D eigenvalue weighted by Crippen LogP contribution is 2.27. The molecule has 2 N–H and O–H groups in total. The molecule has 0 spiro atoms. The van der Waals surface area contributed by atoms with E-state index in [4.69, 9.17) is 51.1 Å². The van der Waals surface area contributed by atoms with Crippen molar-refractivity contribution in [1.82, 2.24) is 10.9 Å². The highest BCUT2D eigenvalue weighted by atomic mass is 35.5. The van der Waals surface area contributed by atoms with E-state index in [1.54, 1.807) is 6.07 Å². The lowest BCUT2D eigenvalue weighted by molar-refractivity contribution is -0.123. The van der Waals surface area contributed by atoms with Gasteiger partial charge >= 0.3 is 0 Å². The van der Waals surface area contributed by atoms with Gasteiger partial charge in [-0.25, -0.2) is 0 Å². The normalized spacial score (nSPS) is 10.2. The summed E-state index contributed by atoms with van der Waals surface area (Å²) in [6.45, 7) is -0.351. The molecule has 0 aromatic heterocycles. The van der Waals surface area contributed by atoms with Gasteiger partial charge in [0, 0.05) is 10.0 Å². The number of ether oxygens (including phenoxy) is 1. The van der Waals surface area contributed by atoms with E-state index in [-0.39, 0.29) is 22.2 Å². The zero-order valence-electron chi connectivity index (χ0n) is 11.9. The molecule has 0 unspecified atom stereocenters. The van der Waals surface area contributed by atoms with E-state index >= 15 is 0 Å². The second-order valence-electron chi connectivity index (χ2n) is 4.49. The molecule has 9 heteroatoms. The lowest BCUT2D eigenvalue weighted by Gasteiger charge is -2.10. The number of carbonyl (C=O) groups is 2. The Kier molecular flexibility index (Phi) is 6.57. The van der Waals surface area contributed by atoms with E-state index in [0.29, 0.717) is 15.8 Å². The standard InChI is InChI=1S/C15H10Cl4N2O3/c16-8-1-3-10(11(18)5-8)15(23)21-20-14(22)7-24-13-4-2-9(17)6-12(13)19/h1-6H,7H2,(H,20,22)(H,21,23). The molecule has 0 saturated heterocycles.